The van der Waals surface area contributed by atoms with Gasteiger partial charge in [-0.25, -0.2) is 0 Å². The lowest BCUT2D eigenvalue weighted by Gasteiger charge is -2.36. The van der Waals surface area contributed by atoms with Crippen LogP contribution in [0.3, 0.4) is 0 Å². The number of piperidine rings is 1. The molecule has 0 radical (unpaired) electrons. The summed E-state index contributed by atoms with van der Waals surface area (Å²) in [6.45, 7) is 12.8. The minimum absolute atomic E-state index is 0.801. The van der Waals surface area contributed by atoms with Crippen molar-refractivity contribution in [2.75, 3.05) is 37.7 Å². The first-order valence-corrected chi connectivity index (χ1v) is 8.81. The average molecular weight is 304 g/mol. The predicted molar refractivity (Wildman–Crippen MR) is 94.4 cm³/mol. The van der Waals surface area contributed by atoms with Crippen molar-refractivity contribution in [1.82, 2.24) is 5.32 Å². The minimum Gasteiger partial charge on any atom is -0.382 e. The van der Waals surface area contributed by atoms with Gasteiger partial charge in [0.25, 0.3) is 0 Å². The number of ether oxygens (including phenoxy) is 1. The quantitative estimate of drug-likeness (QED) is 0.741. The zero-order valence-corrected chi connectivity index (χ0v) is 14.5. The van der Waals surface area contributed by atoms with Gasteiger partial charge >= 0.3 is 0 Å². The van der Waals surface area contributed by atoms with Crippen molar-refractivity contribution >= 4 is 5.69 Å². The highest BCUT2D eigenvalue weighted by molar-refractivity contribution is 5.48. The molecule has 22 heavy (non-hydrogen) atoms. The van der Waals surface area contributed by atoms with Crippen molar-refractivity contribution in [1.29, 1.82) is 0 Å². The number of rotatable bonds is 8. The van der Waals surface area contributed by atoms with Gasteiger partial charge in [0.1, 0.15) is 0 Å². The lowest BCUT2D eigenvalue weighted by atomic mass is 9.91. The number of hydrogen-bond donors (Lipinski definition) is 1. The third kappa shape index (κ3) is 5.62. The maximum atomic E-state index is 5.34. The Labute approximate surface area is 136 Å². The first-order valence-electron chi connectivity index (χ1n) is 8.81. The van der Waals surface area contributed by atoms with E-state index in [0.717, 1.165) is 44.6 Å². The molecule has 1 aliphatic rings. The molecule has 1 aliphatic heterocycles. The van der Waals surface area contributed by atoms with Crippen LogP contribution in [0.5, 0.6) is 0 Å². The summed E-state index contributed by atoms with van der Waals surface area (Å²) in [5, 5.41) is 3.48. The van der Waals surface area contributed by atoms with E-state index in [1.807, 2.05) is 6.92 Å². The molecule has 2 atom stereocenters. The Bertz CT molecular complexity index is 408. The molecule has 1 saturated heterocycles. The van der Waals surface area contributed by atoms with E-state index in [2.05, 4.69) is 48.3 Å². The van der Waals surface area contributed by atoms with Crippen molar-refractivity contribution in [2.24, 2.45) is 11.8 Å². The van der Waals surface area contributed by atoms with E-state index >= 15 is 0 Å². The minimum atomic E-state index is 0.801. The SMILES string of the molecule is CCOCCCNCc1ccc(N2CC(C)CC(C)C2)cc1. The number of hydrogen-bond acceptors (Lipinski definition) is 3. The fraction of sp³-hybridized carbons (Fsp3) is 0.684. The smallest absolute Gasteiger partial charge is 0.0477 e. The molecule has 124 valence electrons. The second-order valence-electron chi connectivity index (χ2n) is 6.74. The Kier molecular flexibility index (Phi) is 7.20. The molecule has 2 unspecified atom stereocenters. The highest BCUT2D eigenvalue weighted by Gasteiger charge is 2.21. The van der Waals surface area contributed by atoms with Crippen molar-refractivity contribution in [2.45, 2.75) is 40.2 Å². The molecule has 0 spiro atoms. The lowest BCUT2D eigenvalue weighted by molar-refractivity contribution is 0.144. The molecule has 0 amide bonds. The maximum Gasteiger partial charge on any atom is 0.0477 e. The van der Waals surface area contributed by atoms with E-state index in [-0.39, 0.29) is 0 Å². The van der Waals surface area contributed by atoms with Crippen LogP contribution in [0, 0.1) is 11.8 Å². The van der Waals surface area contributed by atoms with Crippen LogP contribution in [-0.2, 0) is 11.3 Å². The molecule has 1 fully saturated rings. The van der Waals surface area contributed by atoms with Crippen molar-refractivity contribution in [3.8, 4) is 0 Å². The predicted octanol–water partition coefficient (Wildman–Crippen LogP) is 3.69. The summed E-state index contributed by atoms with van der Waals surface area (Å²) in [6.07, 6.45) is 2.44. The molecule has 2 rings (SSSR count). The standard InChI is InChI=1S/C19H32N2O/c1-4-22-11-5-10-20-13-18-6-8-19(9-7-18)21-14-16(2)12-17(3)15-21/h6-9,16-17,20H,4-5,10-15H2,1-3H3. The zero-order valence-electron chi connectivity index (χ0n) is 14.5. The third-order valence-corrected chi connectivity index (χ3v) is 4.35. The Balaban J connectivity index is 1.75. The van der Waals surface area contributed by atoms with Gasteiger partial charge in [-0.2, -0.15) is 0 Å². The first-order chi connectivity index (χ1) is 10.7. The largest absolute Gasteiger partial charge is 0.382 e. The lowest BCUT2D eigenvalue weighted by Crippen LogP contribution is -2.38. The van der Waals surface area contributed by atoms with Crippen LogP contribution in [0.25, 0.3) is 0 Å². The fourth-order valence-electron chi connectivity index (χ4n) is 3.37. The molecule has 0 aliphatic carbocycles. The molecular formula is C19H32N2O. The van der Waals surface area contributed by atoms with Gasteiger partial charge in [-0.3, -0.25) is 0 Å². The van der Waals surface area contributed by atoms with Gasteiger partial charge in [-0.1, -0.05) is 26.0 Å². The van der Waals surface area contributed by atoms with Crippen molar-refractivity contribution in [3.05, 3.63) is 29.8 Å². The summed E-state index contributed by atoms with van der Waals surface area (Å²) >= 11 is 0. The van der Waals surface area contributed by atoms with Crippen LogP contribution >= 0.6 is 0 Å². The number of nitrogens with one attached hydrogen (secondary N) is 1. The van der Waals surface area contributed by atoms with Gasteiger partial charge in [-0.05, 0) is 55.8 Å². The number of anilines is 1. The summed E-state index contributed by atoms with van der Waals surface area (Å²) < 4.78 is 5.34. The summed E-state index contributed by atoms with van der Waals surface area (Å²) in [7, 11) is 0. The first kappa shape index (κ1) is 17.3. The molecule has 3 nitrogen and oxygen atoms in total. The third-order valence-electron chi connectivity index (χ3n) is 4.35. The molecular weight excluding hydrogens is 272 g/mol. The normalized spacial score (nSPS) is 22.0. The van der Waals surface area contributed by atoms with Crippen molar-refractivity contribution < 1.29 is 4.74 Å². The van der Waals surface area contributed by atoms with E-state index in [4.69, 9.17) is 4.74 Å². The Morgan fingerprint density at radius 1 is 1.14 bits per heavy atom. The van der Waals surface area contributed by atoms with Gasteiger partial charge in [0.15, 0.2) is 0 Å². The maximum absolute atomic E-state index is 5.34. The Morgan fingerprint density at radius 2 is 1.82 bits per heavy atom. The fourth-order valence-corrected chi connectivity index (χ4v) is 3.37. The summed E-state index contributed by atoms with van der Waals surface area (Å²) in [5.74, 6) is 1.60. The number of nitrogens with zero attached hydrogens (tertiary/aromatic N) is 1. The summed E-state index contributed by atoms with van der Waals surface area (Å²) in [4.78, 5) is 2.54. The highest BCUT2D eigenvalue weighted by Crippen LogP contribution is 2.26. The van der Waals surface area contributed by atoms with Gasteiger partial charge in [0.05, 0.1) is 0 Å². The molecule has 0 aromatic heterocycles. The van der Waals surface area contributed by atoms with Crippen LogP contribution in [0.15, 0.2) is 24.3 Å². The summed E-state index contributed by atoms with van der Waals surface area (Å²) in [6, 6.07) is 9.08. The highest BCUT2D eigenvalue weighted by atomic mass is 16.5. The van der Waals surface area contributed by atoms with Gasteiger partial charge in [-0.15, -0.1) is 0 Å². The summed E-state index contributed by atoms with van der Waals surface area (Å²) in [5.41, 5.74) is 2.73. The monoisotopic (exact) mass is 304 g/mol. The van der Waals surface area contributed by atoms with Crippen LogP contribution in [-0.4, -0.2) is 32.8 Å². The van der Waals surface area contributed by atoms with Gasteiger partial charge < -0.3 is 15.0 Å². The topological polar surface area (TPSA) is 24.5 Å². The molecule has 3 heteroatoms. The van der Waals surface area contributed by atoms with Crippen LogP contribution in [0.4, 0.5) is 5.69 Å². The molecule has 1 N–H and O–H groups in total. The van der Waals surface area contributed by atoms with E-state index in [1.54, 1.807) is 0 Å². The van der Waals surface area contributed by atoms with E-state index < -0.39 is 0 Å². The molecule has 1 aromatic rings. The van der Waals surface area contributed by atoms with Gasteiger partial charge in [0.2, 0.25) is 0 Å². The second-order valence-corrected chi connectivity index (χ2v) is 6.74. The Hall–Kier alpha value is -1.06. The van der Waals surface area contributed by atoms with E-state index in [0.29, 0.717) is 0 Å². The molecule has 1 aromatic carbocycles. The van der Waals surface area contributed by atoms with Crippen LogP contribution in [0.1, 0.15) is 39.2 Å². The van der Waals surface area contributed by atoms with Crippen LogP contribution < -0.4 is 10.2 Å². The van der Waals surface area contributed by atoms with E-state index in [1.165, 1.54) is 30.8 Å². The molecule has 1 heterocycles. The van der Waals surface area contributed by atoms with E-state index in [9.17, 15) is 0 Å². The molecule has 0 saturated carbocycles. The van der Waals surface area contributed by atoms with Crippen LogP contribution in [0.2, 0.25) is 0 Å². The average Bonchev–Trinajstić information content (AvgIpc) is 2.50. The molecule has 0 bridgehead atoms. The zero-order chi connectivity index (χ0) is 15.8. The van der Waals surface area contributed by atoms with Gasteiger partial charge in [0, 0.05) is 38.5 Å². The second kappa shape index (κ2) is 9.16. The Morgan fingerprint density at radius 3 is 2.45 bits per heavy atom. The van der Waals surface area contributed by atoms with Crippen molar-refractivity contribution in [3.63, 3.8) is 0 Å². The number of benzene rings is 1.